The van der Waals surface area contributed by atoms with E-state index in [2.05, 4.69) is 5.32 Å². The van der Waals surface area contributed by atoms with Crippen LogP contribution in [0.1, 0.15) is 26.5 Å². The molecule has 1 aromatic heterocycles. The fourth-order valence-corrected chi connectivity index (χ4v) is 2.93. The van der Waals surface area contributed by atoms with Crippen LogP contribution in [0.2, 0.25) is 0 Å². The Kier molecular flexibility index (Phi) is 4.56. The summed E-state index contributed by atoms with van der Waals surface area (Å²) in [5, 5.41) is 3.08. The highest BCUT2D eigenvalue weighted by molar-refractivity contribution is 6.15. The summed E-state index contributed by atoms with van der Waals surface area (Å²) >= 11 is 0. The van der Waals surface area contributed by atoms with Gasteiger partial charge in [-0.1, -0.05) is 54.6 Å². The van der Waals surface area contributed by atoms with Crippen LogP contribution in [0.25, 0.3) is 11.0 Å². The van der Waals surface area contributed by atoms with Gasteiger partial charge >= 0.3 is 0 Å². The van der Waals surface area contributed by atoms with Crippen LogP contribution in [0.5, 0.6) is 0 Å². The average Bonchev–Trinajstić information content (AvgIpc) is 2.74. The summed E-state index contributed by atoms with van der Waals surface area (Å²) in [6.07, 6.45) is 0. The molecule has 1 heterocycles. The van der Waals surface area contributed by atoms with Gasteiger partial charge in [0.1, 0.15) is 5.58 Å². The van der Waals surface area contributed by atoms with E-state index in [0.717, 1.165) is 6.07 Å². The number of benzene rings is 3. The van der Waals surface area contributed by atoms with Gasteiger partial charge in [-0.2, -0.15) is 0 Å². The summed E-state index contributed by atoms with van der Waals surface area (Å²) < 4.78 is 5.56. The Morgan fingerprint density at radius 3 is 2.29 bits per heavy atom. The molecule has 0 radical (unpaired) electrons. The molecule has 0 saturated carbocycles. The lowest BCUT2D eigenvalue weighted by atomic mass is 10.0. The molecule has 0 fully saturated rings. The molecule has 5 heteroatoms. The fourth-order valence-electron chi connectivity index (χ4n) is 2.93. The standard InChI is InChI=1S/C23H15NO4/c25-19-14-21(28-20-13-7-5-11-17(19)20)23(27)24-18-12-6-4-10-16(18)22(26)15-8-2-1-3-9-15/h1-14H,(H,24,27). The van der Waals surface area contributed by atoms with Crippen LogP contribution in [0.3, 0.4) is 0 Å². The molecule has 0 bridgehead atoms. The van der Waals surface area contributed by atoms with Gasteiger partial charge in [0.05, 0.1) is 11.1 Å². The molecule has 1 amide bonds. The van der Waals surface area contributed by atoms with Crippen molar-refractivity contribution in [2.24, 2.45) is 0 Å². The minimum absolute atomic E-state index is 0.120. The number of rotatable bonds is 4. The summed E-state index contributed by atoms with van der Waals surface area (Å²) in [6.45, 7) is 0. The molecule has 0 aliphatic heterocycles. The first-order chi connectivity index (χ1) is 13.6. The quantitative estimate of drug-likeness (QED) is 0.545. The van der Waals surface area contributed by atoms with Crippen LogP contribution in [-0.2, 0) is 0 Å². The molecule has 5 nitrogen and oxygen atoms in total. The summed E-state index contributed by atoms with van der Waals surface area (Å²) in [4.78, 5) is 37.7. The zero-order valence-electron chi connectivity index (χ0n) is 14.7. The van der Waals surface area contributed by atoms with Gasteiger partial charge in [0.2, 0.25) is 0 Å². The maximum atomic E-state index is 12.8. The van der Waals surface area contributed by atoms with Crippen LogP contribution < -0.4 is 10.7 Å². The van der Waals surface area contributed by atoms with E-state index in [4.69, 9.17) is 4.42 Å². The normalized spacial score (nSPS) is 10.6. The smallest absolute Gasteiger partial charge is 0.291 e. The predicted octanol–water partition coefficient (Wildman–Crippen LogP) is 4.28. The van der Waals surface area contributed by atoms with E-state index in [1.165, 1.54) is 0 Å². The SMILES string of the molecule is O=C(Nc1ccccc1C(=O)c1ccccc1)c1cc(=O)c2ccccc2o1. The Morgan fingerprint density at radius 2 is 1.46 bits per heavy atom. The number of anilines is 1. The Labute approximate surface area is 160 Å². The number of fused-ring (bicyclic) bond motifs is 1. The average molecular weight is 369 g/mol. The number of para-hydroxylation sites is 2. The number of ketones is 1. The van der Waals surface area contributed by atoms with E-state index in [-0.39, 0.29) is 17.0 Å². The van der Waals surface area contributed by atoms with Crippen molar-refractivity contribution in [3.8, 4) is 0 Å². The van der Waals surface area contributed by atoms with Gasteiger partial charge < -0.3 is 9.73 Å². The number of amides is 1. The molecule has 0 aliphatic carbocycles. The van der Waals surface area contributed by atoms with E-state index in [0.29, 0.717) is 27.8 Å². The van der Waals surface area contributed by atoms with Crippen molar-refractivity contribution in [1.29, 1.82) is 0 Å². The molecule has 0 spiro atoms. The van der Waals surface area contributed by atoms with Crippen LogP contribution in [0.4, 0.5) is 5.69 Å². The lowest BCUT2D eigenvalue weighted by Crippen LogP contribution is -2.17. The van der Waals surface area contributed by atoms with Gasteiger partial charge in [0.15, 0.2) is 17.0 Å². The second kappa shape index (κ2) is 7.32. The molecule has 0 saturated heterocycles. The number of carbonyl (C=O) groups excluding carboxylic acids is 2. The second-order valence-electron chi connectivity index (χ2n) is 6.17. The summed E-state index contributed by atoms with van der Waals surface area (Å²) in [6, 6.07) is 23.4. The molecule has 1 N–H and O–H groups in total. The molecular formula is C23H15NO4. The molecule has 28 heavy (non-hydrogen) atoms. The van der Waals surface area contributed by atoms with E-state index >= 15 is 0 Å². The van der Waals surface area contributed by atoms with Gasteiger partial charge in [0.25, 0.3) is 5.91 Å². The maximum absolute atomic E-state index is 12.8. The Balaban J connectivity index is 1.68. The Hall–Kier alpha value is -3.99. The van der Waals surface area contributed by atoms with Gasteiger partial charge in [-0.15, -0.1) is 0 Å². The van der Waals surface area contributed by atoms with E-state index in [1.807, 2.05) is 6.07 Å². The third-order valence-corrected chi connectivity index (χ3v) is 4.31. The van der Waals surface area contributed by atoms with Crippen molar-refractivity contribution in [2.45, 2.75) is 0 Å². The van der Waals surface area contributed by atoms with Gasteiger partial charge in [-0.25, -0.2) is 0 Å². The zero-order valence-corrected chi connectivity index (χ0v) is 14.7. The van der Waals surface area contributed by atoms with E-state index in [9.17, 15) is 14.4 Å². The first-order valence-corrected chi connectivity index (χ1v) is 8.66. The van der Waals surface area contributed by atoms with Crippen LogP contribution in [-0.4, -0.2) is 11.7 Å². The number of nitrogens with one attached hydrogen (secondary N) is 1. The number of carbonyl (C=O) groups is 2. The molecule has 0 aliphatic rings. The summed E-state index contributed by atoms with van der Waals surface area (Å²) in [5.74, 6) is -0.932. The largest absolute Gasteiger partial charge is 0.451 e. The summed E-state index contributed by atoms with van der Waals surface area (Å²) in [5.41, 5.74) is 1.23. The van der Waals surface area contributed by atoms with Crippen LogP contribution >= 0.6 is 0 Å². The molecule has 3 aromatic carbocycles. The van der Waals surface area contributed by atoms with Crippen molar-refractivity contribution in [3.05, 3.63) is 112 Å². The first-order valence-electron chi connectivity index (χ1n) is 8.66. The van der Waals surface area contributed by atoms with E-state index < -0.39 is 5.91 Å². The third-order valence-electron chi connectivity index (χ3n) is 4.31. The fraction of sp³-hybridized carbons (Fsp3) is 0. The highest BCUT2D eigenvalue weighted by Gasteiger charge is 2.17. The van der Waals surface area contributed by atoms with Crippen LogP contribution in [0, 0.1) is 0 Å². The van der Waals surface area contributed by atoms with Gasteiger partial charge in [-0.3, -0.25) is 14.4 Å². The van der Waals surface area contributed by atoms with Crippen molar-refractivity contribution in [3.63, 3.8) is 0 Å². The molecule has 4 aromatic rings. The number of hydrogen-bond donors (Lipinski definition) is 1. The van der Waals surface area contributed by atoms with Crippen molar-refractivity contribution >= 4 is 28.3 Å². The Morgan fingerprint density at radius 1 is 0.786 bits per heavy atom. The third kappa shape index (κ3) is 3.33. The second-order valence-corrected chi connectivity index (χ2v) is 6.17. The van der Waals surface area contributed by atoms with Gasteiger partial charge in [-0.05, 0) is 24.3 Å². The minimum Gasteiger partial charge on any atom is -0.451 e. The first kappa shape index (κ1) is 17.4. The number of hydrogen-bond acceptors (Lipinski definition) is 4. The predicted molar refractivity (Wildman–Crippen MR) is 107 cm³/mol. The molecule has 0 atom stereocenters. The lowest BCUT2D eigenvalue weighted by Gasteiger charge is -2.10. The Bertz CT molecular complexity index is 1240. The molecule has 0 unspecified atom stereocenters. The molecular weight excluding hydrogens is 354 g/mol. The van der Waals surface area contributed by atoms with Gasteiger partial charge in [0, 0.05) is 17.2 Å². The van der Waals surface area contributed by atoms with Crippen molar-refractivity contribution in [1.82, 2.24) is 0 Å². The molecule has 136 valence electrons. The highest BCUT2D eigenvalue weighted by Crippen LogP contribution is 2.21. The van der Waals surface area contributed by atoms with Crippen LogP contribution in [0.15, 0.2) is 94.1 Å². The van der Waals surface area contributed by atoms with Crippen molar-refractivity contribution < 1.29 is 14.0 Å². The summed E-state index contributed by atoms with van der Waals surface area (Å²) in [7, 11) is 0. The topological polar surface area (TPSA) is 76.4 Å². The maximum Gasteiger partial charge on any atom is 0.291 e. The molecule has 4 rings (SSSR count). The van der Waals surface area contributed by atoms with E-state index in [1.54, 1.807) is 72.8 Å². The zero-order chi connectivity index (χ0) is 19.5. The lowest BCUT2D eigenvalue weighted by molar-refractivity contribution is 0.0997. The van der Waals surface area contributed by atoms with Crippen molar-refractivity contribution in [2.75, 3.05) is 5.32 Å². The highest BCUT2D eigenvalue weighted by atomic mass is 16.3. The minimum atomic E-state index is -0.601. The monoisotopic (exact) mass is 369 g/mol.